The van der Waals surface area contributed by atoms with E-state index in [2.05, 4.69) is 14.9 Å². The molecular weight excluding hydrogens is 270 g/mol. The second-order valence-corrected chi connectivity index (χ2v) is 6.60. The molecule has 1 aromatic heterocycles. The largest absolute Gasteiger partial charge is 0.481 e. The van der Waals surface area contributed by atoms with E-state index in [1.807, 2.05) is 13.8 Å². The van der Waals surface area contributed by atoms with E-state index in [-0.39, 0.29) is 23.9 Å². The fraction of sp³-hybridized carbons (Fsp3) is 0.636. The van der Waals surface area contributed by atoms with E-state index in [9.17, 15) is 13.2 Å². The van der Waals surface area contributed by atoms with Gasteiger partial charge in [0, 0.05) is 13.0 Å². The summed E-state index contributed by atoms with van der Waals surface area (Å²) in [6.07, 6.45) is 1.94. The van der Waals surface area contributed by atoms with Gasteiger partial charge in [-0.2, -0.15) is 5.10 Å². The third kappa shape index (κ3) is 5.39. The van der Waals surface area contributed by atoms with E-state index in [1.54, 1.807) is 0 Å². The highest BCUT2D eigenvalue weighted by Crippen LogP contribution is 2.15. The Hall–Kier alpha value is -1.41. The van der Waals surface area contributed by atoms with Crippen LogP contribution in [0.4, 0.5) is 0 Å². The topological polar surface area (TPSA) is 112 Å². The summed E-state index contributed by atoms with van der Waals surface area (Å²) in [4.78, 5) is 10.8. The van der Waals surface area contributed by atoms with Crippen LogP contribution in [0.5, 0.6) is 0 Å². The standard InChI is InChI=1S/C11H19N3O4S/c1-8(2)5-9(6-11(15)16)7-13-19(17,18)10-3-4-12-14-10/h3-4,8-9,13H,5-7H2,1-2H3,(H,12,14)(H,15,16). The molecule has 0 saturated heterocycles. The monoisotopic (exact) mass is 289 g/mol. The van der Waals surface area contributed by atoms with Crippen LogP contribution in [0, 0.1) is 11.8 Å². The van der Waals surface area contributed by atoms with Gasteiger partial charge in [0.05, 0.1) is 6.20 Å². The Bertz CT molecular complexity index is 496. The lowest BCUT2D eigenvalue weighted by Crippen LogP contribution is -2.31. The number of H-pyrrole nitrogens is 1. The highest BCUT2D eigenvalue weighted by molar-refractivity contribution is 7.89. The fourth-order valence-electron chi connectivity index (χ4n) is 1.85. The maximum absolute atomic E-state index is 11.8. The molecule has 0 aliphatic rings. The van der Waals surface area contributed by atoms with Crippen molar-refractivity contribution in [3.05, 3.63) is 12.3 Å². The minimum atomic E-state index is -3.64. The number of hydrogen-bond acceptors (Lipinski definition) is 4. The minimum absolute atomic E-state index is 0.0221. The molecule has 8 heteroatoms. The molecule has 0 amide bonds. The average Bonchev–Trinajstić information content (AvgIpc) is 2.78. The van der Waals surface area contributed by atoms with Crippen molar-refractivity contribution in [1.29, 1.82) is 0 Å². The molecule has 3 N–H and O–H groups in total. The molecule has 1 heterocycles. The number of aromatic amines is 1. The number of carboxylic acid groups (broad SMARTS) is 1. The molecule has 1 rings (SSSR count). The van der Waals surface area contributed by atoms with Crippen LogP contribution in [0.2, 0.25) is 0 Å². The summed E-state index contributed by atoms with van der Waals surface area (Å²) in [5.74, 6) is -0.845. The Kier molecular flexibility index (Phi) is 5.49. The van der Waals surface area contributed by atoms with Crippen LogP contribution in [0.25, 0.3) is 0 Å². The van der Waals surface area contributed by atoms with Crippen molar-refractivity contribution in [2.45, 2.75) is 31.7 Å². The summed E-state index contributed by atoms with van der Waals surface area (Å²) < 4.78 is 26.1. The SMILES string of the molecule is CC(C)CC(CNS(=O)(=O)c1ccn[nH]1)CC(=O)O. The zero-order chi connectivity index (χ0) is 14.5. The predicted molar refractivity (Wildman–Crippen MR) is 69.0 cm³/mol. The molecule has 19 heavy (non-hydrogen) atoms. The van der Waals surface area contributed by atoms with Crippen LogP contribution in [0.15, 0.2) is 17.3 Å². The lowest BCUT2D eigenvalue weighted by atomic mass is 9.94. The molecule has 108 valence electrons. The molecule has 1 unspecified atom stereocenters. The van der Waals surface area contributed by atoms with Crippen molar-refractivity contribution in [3.8, 4) is 0 Å². The van der Waals surface area contributed by atoms with Crippen LogP contribution in [-0.4, -0.2) is 36.2 Å². The van der Waals surface area contributed by atoms with Gasteiger partial charge in [-0.1, -0.05) is 13.8 Å². The van der Waals surface area contributed by atoms with E-state index < -0.39 is 16.0 Å². The Balaban J connectivity index is 2.63. The van der Waals surface area contributed by atoms with E-state index >= 15 is 0 Å². The van der Waals surface area contributed by atoms with Crippen molar-refractivity contribution in [2.75, 3.05) is 6.54 Å². The zero-order valence-corrected chi connectivity index (χ0v) is 11.8. The molecule has 0 spiro atoms. The summed E-state index contributed by atoms with van der Waals surface area (Å²) in [5, 5.41) is 14.7. The number of nitrogens with one attached hydrogen (secondary N) is 2. The molecular formula is C11H19N3O4S. The number of carboxylic acids is 1. The van der Waals surface area contributed by atoms with Crippen molar-refractivity contribution in [3.63, 3.8) is 0 Å². The third-order valence-corrected chi connectivity index (χ3v) is 3.95. The maximum atomic E-state index is 11.8. The number of carbonyl (C=O) groups is 1. The van der Waals surface area contributed by atoms with Crippen LogP contribution in [-0.2, 0) is 14.8 Å². The maximum Gasteiger partial charge on any atom is 0.303 e. The first-order valence-corrected chi connectivity index (χ1v) is 7.50. The van der Waals surface area contributed by atoms with Gasteiger partial charge in [0.2, 0.25) is 0 Å². The van der Waals surface area contributed by atoms with E-state index in [4.69, 9.17) is 5.11 Å². The molecule has 0 aliphatic carbocycles. The molecule has 0 aliphatic heterocycles. The highest BCUT2D eigenvalue weighted by Gasteiger charge is 2.20. The van der Waals surface area contributed by atoms with Crippen molar-refractivity contribution in [1.82, 2.24) is 14.9 Å². The van der Waals surface area contributed by atoms with Crippen molar-refractivity contribution < 1.29 is 18.3 Å². The van der Waals surface area contributed by atoms with Crippen molar-refractivity contribution in [2.24, 2.45) is 11.8 Å². The number of hydrogen-bond donors (Lipinski definition) is 3. The number of sulfonamides is 1. The smallest absolute Gasteiger partial charge is 0.303 e. The summed E-state index contributed by atoms with van der Waals surface area (Å²) in [6.45, 7) is 4.04. The Morgan fingerprint density at radius 3 is 2.68 bits per heavy atom. The van der Waals surface area contributed by atoms with Gasteiger partial charge in [-0.05, 0) is 24.3 Å². The third-order valence-electron chi connectivity index (χ3n) is 2.59. The van der Waals surface area contributed by atoms with Gasteiger partial charge in [0.1, 0.15) is 0 Å². The van der Waals surface area contributed by atoms with Crippen molar-refractivity contribution >= 4 is 16.0 Å². The Morgan fingerprint density at radius 2 is 2.21 bits per heavy atom. The van der Waals surface area contributed by atoms with Gasteiger partial charge in [-0.15, -0.1) is 0 Å². The first-order chi connectivity index (χ1) is 8.81. The summed E-state index contributed by atoms with van der Waals surface area (Å²) >= 11 is 0. The molecule has 1 aromatic rings. The van der Waals surface area contributed by atoms with Crippen LogP contribution >= 0.6 is 0 Å². The van der Waals surface area contributed by atoms with Gasteiger partial charge >= 0.3 is 5.97 Å². The number of rotatable bonds is 8. The first-order valence-electron chi connectivity index (χ1n) is 6.02. The Labute approximate surface area is 112 Å². The first kappa shape index (κ1) is 15.6. The fourth-order valence-corrected chi connectivity index (χ4v) is 2.87. The molecule has 1 atom stereocenters. The van der Waals surface area contributed by atoms with Gasteiger partial charge in [-0.25, -0.2) is 13.1 Å². The zero-order valence-electron chi connectivity index (χ0n) is 11.0. The molecule has 0 fully saturated rings. The van der Waals surface area contributed by atoms with Gasteiger partial charge in [-0.3, -0.25) is 9.89 Å². The molecule has 0 radical (unpaired) electrons. The van der Waals surface area contributed by atoms with Gasteiger partial charge in [0.15, 0.2) is 5.03 Å². The normalized spacial score (nSPS) is 13.6. The second-order valence-electron chi connectivity index (χ2n) is 4.87. The van der Waals surface area contributed by atoms with E-state index in [0.717, 1.165) is 0 Å². The predicted octanol–water partition coefficient (Wildman–Crippen LogP) is 0.825. The summed E-state index contributed by atoms with van der Waals surface area (Å²) in [6, 6.07) is 1.34. The Morgan fingerprint density at radius 1 is 1.53 bits per heavy atom. The highest BCUT2D eigenvalue weighted by atomic mass is 32.2. The molecule has 0 saturated carbocycles. The summed E-state index contributed by atoms with van der Waals surface area (Å²) in [5.41, 5.74) is 0. The second kappa shape index (κ2) is 6.67. The number of aliphatic carboxylic acids is 1. The average molecular weight is 289 g/mol. The number of aromatic nitrogens is 2. The van der Waals surface area contributed by atoms with Gasteiger partial charge in [0.25, 0.3) is 10.0 Å². The molecule has 0 bridgehead atoms. The number of nitrogens with zero attached hydrogens (tertiary/aromatic N) is 1. The van der Waals surface area contributed by atoms with Crippen LogP contribution in [0.3, 0.4) is 0 Å². The molecule has 7 nitrogen and oxygen atoms in total. The lowest BCUT2D eigenvalue weighted by Gasteiger charge is -2.17. The minimum Gasteiger partial charge on any atom is -0.481 e. The van der Waals surface area contributed by atoms with E-state index in [1.165, 1.54) is 12.3 Å². The van der Waals surface area contributed by atoms with Gasteiger partial charge < -0.3 is 5.11 Å². The van der Waals surface area contributed by atoms with Crippen LogP contribution < -0.4 is 4.72 Å². The summed E-state index contributed by atoms with van der Waals surface area (Å²) in [7, 11) is -3.64. The quantitative estimate of drug-likeness (QED) is 0.656. The van der Waals surface area contributed by atoms with E-state index in [0.29, 0.717) is 12.3 Å². The molecule has 0 aromatic carbocycles. The lowest BCUT2D eigenvalue weighted by molar-refractivity contribution is -0.138. The van der Waals surface area contributed by atoms with Crippen LogP contribution in [0.1, 0.15) is 26.7 Å².